The predicted molar refractivity (Wildman–Crippen MR) is 66.9 cm³/mol. The number of nitrogens with zero attached hydrogens (tertiary/aromatic N) is 2. The minimum atomic E-state index is 0.446. The molecule has 0 aliphatic carbocycles. The van der Waals surface area contributed by atoms with Gasteiger partial charge in [-0.1, -0.05) is 6.92 Å². The second-order valence-corrected chi connectivity index (χ2v) is 3.98. The van der Waals surface area contributed by atoms with Gasteiger partial charge in [0, 0.05) is 19.8 Å². The fraction of sp³-hybridized carbons (Fsp3) is 0.583. The summed E-state index contributed by atoms with van der Waals surface area (Å²) in [6.45, 7) is 6.31. The summed E-state index contributed by atoms with van der Waals surface area (Å²) in [6, 6.07) is 3.82. The van der Waals surface area contributed by atoms with Gasteiger partial charge in [-0.2, -0.15) is 0 Å². The van der Waals surface area contributed by atoms with Crippen molar-refractivity contribution >= 4 is 5.82 Å². The molecular formula is C12H21N3O. The first-order valence-corrected chi connectivity index (χ1v) is 5.68. The molecule has 0 radical (unpaired) electrons. The smallest absolute Gasteiger partial charge is 0.171 e. The Labute approximate surface area is 97.4 Å². The Balaban J connectivity index is 2.77. The summed E-state index contributed by atoms with van der Waals surface area (Å²) in [4.78, 5) is 6.43. The summed E-state index contributed by atoms with van der Waals surface area (Å²) in [7, 11) is 2.01. The molecule has 4 heteroatoms. The molecule has 1 aromatic heterocycles. The van der Waals surface area contributed by atoms with Crippen LogP contribution in [0.5, 0.6) is 5.75 Å². The van der Waals surface area contributed by atoms with Crippen LogP contribution in [0.3, 0.4) is 0 Å². The van der Waals surface area contributed by atoms with E-state index in [-0.39, 0.29) is 0 Å². The van der Waals surface area contributed by atoms with Gasteiger partial charge in [0.05, 0.1) is 6.61 Å². The first-order chi connectivity index (χ1) is 7.69. The second kappa shape index (κ2) is 6.33. The van der Waals surface area contributed by atoms with E-state index in [4.69, 9.17) is 10.5 Å². The lowest BCUT2D eigenvalue weighted by atomic mass is 10.2. The largest absolute Gasteiger partial charge is 0.490 e. The lowest BCUT2D eigenvalue weighted by Gasteiger charge is -2.23. The van der Waals surface area contributed by atoms with Crippen LogP contribution in [-0.2, 0) is 0 Å². The van der Waals surface area contributed by atoms with E-state index in [1.54, 1.807) is 6.20 Å². The number of pyridine rings is 1. The van der Waals surface area contributed by atoms with E-state index in [1.165, 1.54) is 0 Å². The van der Waals surface area contributed by atoms with Crippen LogP contribution in [0.15, 0.2) is 18.3 Å². The SMILES string of the molecule is CCOc1cccnc1N(C)CC(C)CN. The topological polar surface area (TPSA) is 51.4 Å². The number of nitrogens with two attached hydrogens (primary N) is 1. The quantitative estimate of drug-likeness (QED) is 0.794. The Morgan fingerprint density at radius 1 is 1.56 bits per heavy atom. The monoisotopic (exact) mass is 223 g/mol. The molecule has 0 saturated heterocycles. The van der Waals surface area contributed by atoms with E-state index in [0.717, 1.165) is 18.1 Å². The molecule has 0 bridgehead atoms. The van der Waals surface area contributed by atoms with Crippen LogP contribution in [0.4, 0.5) is 5.82 Å². The molecule has 0 spiro atoms. The summed E-state index contributed by atoms with van der Waals surface area (Å²) in [5.74, 6) is 2.16. The zero-order chi connectivity index (χ0) is 12.0. The maximum atomic E-state index is 5.62. The number of rotatable bonds is 6. The molecule has 1 aromatic rings. The van der Waals surface area contributed by atoms with Crippen molar-refractivity contribution in [3.63, 3.8) is 0 Å². The van der Waals surface area contributed by atoms with Crippen molar-refractivity contribution in [3.8, 4) is 5.75 Å². The average Bonchev–Trinajstić information content (AvgIpc) is 2.30. The molecule has 1 heterocycles. The molecule has 0 amide bonds. The summed E-state index contributed by atoms with van der Waals surface area (Å²) in [5.41, 5.74) is 5.62. The van der Waals surface area contributed by atoms with E-state index in [9.17, 15) is 0 Å². The third kappa shape index (κ3) is 3.38. The Kier molecular flexibility index (Phi) is 5.05. The van der Waals surface area contributed by atoms with Gasteiger partial charge >= 0.3 is 0 Å². The van der Waals surface area contributed by atoms with Crippen LogP contribution in [0.25, 0.3) is 0 Å². The standard InChI is InChI=1S/C12H21N3O/c1-4-16-11-6-5-7-14-12(11)15(3)9-10(2)8-13/h5-7,10H,4,8-9,13H2,1-3H3. The fourth-order valence-electron chi connectivity index (χ4n) is 1.57. The predicted octanol–water partition coefficient (Wildman–Crippen LogP) is 1.51. The highest BCUT2D eigenvalue weighted by molar-refractivity contribution is 5.51. The van der Waals surface area contributed by atoms with Crippen molar-refractivity contribution in [1.82, 2.24) is 4.98 Å². The van der Waals surface area contributed by atoms with Gasteiger partial charge in [-0.3, -0.25) is 0 Å². The molecular weight excluding hydrogens is 202 g/mol. The Bertz CT molecular complexity index is 317. The van der Waals surface area contributed by atoms with Crippen LogP contribution in [0, 0.1) is 5.92 Å². The van der Waals surface area contributed by atoms with Gasteiger partial charge in [0.1, 0.15) is 0 Å². The van der Waals surface area contributed by atoms with Gasteiger partial charge in [0.2, 0.25) is 0 Å². The first kappa shape index (κ1) is 12.8. The maximum absolute atomic E-state index is 5.62. The van der Waals surface area contributed by atoms with E-state index < -0.39 is 0 Å². The van der Waals surface area contributed by atoms with Crippen LogP contribution < -0.4 is 15.4 Å². The van der Waals surface area contributed by atoms with Crippen molar-refractivity contribution in [2.75, 3.05) is 31.6 Å². The molecule has 16 heavy (non-hydrogen) atoms. The molecule has 90 valence electrons. The maximum Gasteiger partial charge on any atom is 0.171 e. The van der Waals surface area contributed by atoms with E-state index in [1.807, 2.05) is 26.1 Å². The molecule has 0 aliphatic rings. The summed E-state index contributed by atoms with van der Waals surface area (Å²) in [5, 5.41) is 0. The number of anilines is 1. The highest BCUT2D eigenvalue weighted by atomic mass is 16.5. The molecule has 0 saturated carbocycles. The van der Waals surface area contributed by atoms with Crippen LogP contribution >= 0.6 is 0 Å². The van der Waals surface area contributed by atoms with E-state index in [2.05, 4.69) is 16.8 Å². The van der Waals surface area contributed by atoms with Gasteiger partial charge < -0.3 is 15.4 Å². The molecule has 0 aromatic carbocycles. The third-order valence-electron chi connectivity index (χ3n) is 2.40. The zero-order valence-corrected chi connectivity index (χ0v) is 10.3. The molecule has 1 unspecified atom stereocenters. The van der Waals surface area contributed by atoms with Crippen LogP contribution in [-0.4, -0.2) is 31.7 Å². The normalized spacial score (nSPS) is 12.2. The number of hydrogen-bond acceptors (Lipinski definition) is 4. The average molecular weight is 223 g/mol. The van der Waals surface area contributed by atoms with Gasteiger partial charge in [-0.15, -0.1) is 0 Å². The minimum Gasteiger partial charge on any atom is -0.490 e. The highest BCUT2D eigenvalue weighted by Crippen LogP contribution is 2.24. The lowest BCUT2D eigenvalue weighted by Crippen LogP contribution is -2.29. The van der Waals surface area contributed by atoms with Crippen molar-refractivity contribution in [1.29, 1.82) is 0 Å². The number of ether oxygens (including phenoxy) is 1. The Morgan fingerprint density at radius 3 is 2.94 bits per heavy atom. The van der Waals surface area contributed by atoms with Gasteiger partial charge in [0.25, 0.3) is 0 Å². The molecule has 1 rings (SSSR count). The van der Waals surface area contributed by atoms with E-state index >= 15 is 0 Å². The van der Waals surface area contributed by atoms with Crippen molar-refractivity contribution < 1.29 is 4.74 Å². The molecule has 2 N–H and O–H groups in total. The molecule has 0 fully saturated rings. The Hall–Kier alpha value is -1.29. The van der Waals surface area contributed by atoms with Crippen molar-refractivity contribution in [3.05, 3.63) is 18.3 Å². The van der Waals surface area contributed by atoms with Crippen LogP contribution in [0.1, 0.15) is 13.8 Å². The molecule has 1 atom stereocenters. The van der Waals surface area contributed by atoms with Gasteiger partial charge in [-0.25, -0.2) is 4.98 Å². The zero-order valence-electron chi connectivity index (χ0n) is 10.3. The molecule has 4 nitrogen and oxygen atoms in total. The van der Waals surface area contributed by atoms with Crippen molar-refractivity contribution in [2.45, 2.75) is 13.8 Å². The fourth-order valence-corrected chi connectivity index (χ4v) is 1.57. The number of aromatic nitrogens is 1. The van der Waals surface area contributed by atoms with Gasteiger partial charge in [0.15, 0.2) is 11.6 Å². The summed E-state index contributed by atoms with van der Waals surface area (Å²) in [6.07, 6.45) is 1.78. The first-order valence-electron chi connectivity index (χ1n) is 5.68. The third-order valence-corrected chi connectivity index (χ3v) is 2.40. The highest BCUT2D eigenvalue weighted by Gasteiger charge is 2.11. The second-order valence-electron chi connectivity index (χ2n) is 3.98. The van der Waals surface area contributed by atoms with Crippen LogP contribution in [0.2, 0.25) is 0 Å². The minimum absolute atomic E-state index is 0.446. The van der Waals surface area contributed by atoms with E-state index in [0.29, 0.717) is 19.1 Å². The van der Waals surface area contributed by atoms with Crippen molar-refractivity contribution in [2.24, 2.45) is 11.7 Å². The summed E-state index contributed by atoms with van der Waals surface area (Å²) >= 11 is 0. The summed E-state index contributed by atoms with van der Waals surface area (Å²) < 4.78 is 5.54. The Morgan fingerprint density at radius 2 is 2.31 bits per heavy atom. The molecule has 0 aliphatic heterocycles. The van der Waals surface area contributed by atoms with Gasteiger partial charge in [-0.05, 0) is 31.5 Å². The number of hydrogen-bond donors (Lipinski definition) is 1. The lowest BCUT2D eigenvalue weighted by molar-refractivity contribution is 0.339.